The second-order valence-electron chi connectivity index (χ2n) is 4.43. The fraction of sp³-hybridized carbons (Fsp3) is 0.600. The van der Waals surface area contributed by atoms with Crippen LogP contribution in [0.5, 0.6) is 0 Å². The molecule has 0 radical (unpaired) electrons. The maximum Gasteiger partial charge on any atom is 0.419 e. The van der Waals surface area contributed by atoms with E-state index in [1.807, 2.05) is 0 Å². The van der Waals surface area contributed by atoms with Gasteiger partial charge >= 0.3 is 12.1 Å². The first-order valence-corrected chi connectivity index (χ1v) is 4.96. The van der Waals surface area contributed by atoms with Crippen molar-refractivity contribution in [1.82, 2.24) is 9.78 Å². The predicted octanol–water partition coefficient (Wildman–Crippen LogP) is 2.40. The van der Waals surface area contributed by atoms with E-state index in [0.29, 0.717) is 0 Å². The van der Waals surface area contributed by atoms with Crippen LogP contribution >= 0.6 is 0 Å². The Bertz CT molecular complexity index is 410. The van der Waals surface area contributed by atoms with Crippen molar-refractivity contribution < 1.29 is 23.1 Å². The summed E-state index contributed by atoms with van der Waals surface area (Å²) in [5.74, 6) is -0.985. The topological polar surface area (TPSA) is 55.1 Å². The molecule has 0 aliphatic rings. The first kappa shape index (κ1) is 13.5. The molecule has 17 heavy (non-hydrogen) atoms. The van der Waals surface area contributed by atoms with Crippen LogP contribution in [0.2, 0.25) is 0 Å². The van der Waals surface area contributed by atoms with Crippen LogP contribution in [-0.4, -0.2) is 20.9 Å². The lowest BCUT2D eigenvalue weighted by Crippen LogP contribution is -2.25. The van der Waals surface area contributed by atoms with Gasteiger partial charge in [-0.1, -0.05) is 0 Å². The fourth-order valence-corrected chi connectivity index (χ4v) is 1.13. The Morgan fingerprint density at radius 1 is 1.47 bits per heavy atom. The smallest absolute Gasteiger partial charge is 0.419 e. The predicted molar refractivity (Wildman–Crippen MR) is 53.3 cm³/mol. The third kappa shape index (κ3) is 3.47. The van der Waals surface area contributed by atoms with Crippen LogP contribution in [0.15, 0.2) is 12.4 Å². The molecule has 0 saturated heterocycles. The number of aryl methyl sites for hydroxylation is 1. The maximum absolute atomic E-state index is 12.3. The molecule has 1 aromatic rings. The molecule has 0 aromatic carbocycles. The van der Waals surface area contributed by atoms with E-state index < -0.39 is 23.1 Å². The minimum atomic E-state index is -4.42. The molecular formula is C10H13F3N2O2. The van der Waals surface area contributed by atoms with Crippen molar-refractivity contribution in [3.8, 4) is 0 Å². The minimum absolute atomic E-state index is 0.134. The van der Waals surface area contributed by atoms with E-state index in [4.69, 9.17) is 5.11 Å². The van der Waals surface area contributed by atoms with Gasteiger partial charge in [-0.05, 0) is 20.3 Å². The number of rotatable bonds is 4. The number of carboxylic acids is 1. The summed E-state index contributed by atoms with van der Waals surface area (Å²) in [6.07, 6.45) is -2.60. The second kappa shape index (κ2) is 4.38. The minimum Gasteiger partial charge on any atom is -0.481 e. The Morgan fingerprint density at radius 3 is 2.47 bits per heavy atom. The summed E-state index contributed by atoms with van der Waals surface area (Å²) in [5, 5.41) is 12.4. The molecule has 0 aliphatic carbocycles. The Morgan fingerprint density at radius 2 is 2.06 bits per heavy atom. The summed E-state index contributed by atoms with van der Waals surface area (Å²) in [5.41, 5.74) is -1.81. The zero-order valence-corrected chi connectivity index (χ0v) is 9.45. The molecule has 0 unspecified atom stereocenters. The van der Waals surface area contributed by atoms with E-state index in [2.05, 4.69) is 5.10 Å². The summed E-state index contributed by atoms with van der Waals surface area (Å²) in [6, 6.07) is 0. The van der Waals surface area contributed by atoms with Gasteiger partial charge in [-0.2, -0.15) is 18.3 Å². The molecule has 1 N–H and O–H groups in total. The van der Waals surface area contributed by atoms with Gasteiger partial charge in [0.25, 0.3) is 0 Å². The lowest BCUT2D eigenvalue weighted by molar-refractivity contribution is -0.147. The van der Waals surface area contributed by atoms with Crippen LogP contribution in [0, 0.1) is 5.41 Å². The molecule has 1 rings (SSSR count). The van der Waals surface area contributed by atoms with Crippen LogP contribution in [0.4, 0.5) is 13.2 Å². The Balaban J connectivity index is 2.66. The van der Waals surface area contributed by atoms with E-state index >= 15 is 0 Å². The van der Waals surface area contributed by atoms with Gasteiger partial charge < -0.3 is 5.11 Å². The Hall–Kier alpha value is -1.53. The van der Waals surface area contributed by atoms with Crippen LogP contribution < -0.4 is 0 Å². The number of halogens is 3. The fourth-order valence-electron chi connectivity index (χ4n) is 1.13. The molecule has 96 valence electrons. The summed E-state index contributed by atoms with van der Waals surface area (Å²) >= 11 is 0. The molecule has 4 nitrogen and oxygen atoms in total. The zero-order valence-electron chi connectivity index (χ0n) is 9.45. The second-order valence-corrected chi connectivity index (χ2v) is 4.43. The number of carbonyl (C=O) groups is 1. The molecule has 1 heterocycles. The van der Waals surface area contributed by atoms with Crippen LogP contribution in [0.1, 0.15) is 25.8 Å². The van der Waals surface area contributed by atoms with Crippen LogP contribution in [0.3, 0.4) is 0 Å². The van der Waals surface area contributed by atoms with Crippen molar-refractivity contribution in [3.63, 3.8) is 0 Å². The van der Waals surface area contributed by atoms with Gasteiger partial charge in [0, 0.05) is 12.7 Å². The third-order valence-electron chi connectivity index (χ3n) is 2.51. The molecule has 0 saturated carbocycles. The molecule has 0 aliphatic heterocycles. The van der Waals surface area contributed by atoms with Crippen LogP contribution in [-0.2, 0) is 17.5 Å². The summed E-state index contributed by atoms with van der Waals surface area (Å²) < 4.78 is 37.9. The lowest BCUT2D eigenvalue weighted by Gasteiger charge is -2.18. The lowest BCUT2D eigenvalue weighted by atomic mass is 9.90. The average molecular weight is 250 g/mol. The van der Waals surface area contributed by atoms with Crippen molar-refractivity contribution in [3.05, 3.63) is 18.0 Å². The number of alkyl halides is 3. The van der Waals surface area contributed by atoms with Gasteiger partial charge in [-0.25, -0.2) is 0 Å². The van der Waals surface area contributed by atoms with E-state index in [9.17, 15) is 18.0 Å². The first-order valence-electron chi connectivity index (χ1n) is 4.96. The summed E-state index contributed by atoms with van der Waals surface area (Å²) in [4.78, 5) is 10.8. The first-order chi connectivity index (χ1) is 7.63. The Labute approximate surface area is 96.0 Å². The molecule has 0 fully saturated rings. The van der Waals surface area contributed by atoms with Gasteiger partial charge in [0.1, 0.15) is 0 Å². The van der Waals surface area contributed by atoms with E-state index in [1.54, 1.807) is 0 Å². The third-order valence-corrected chi connectivity index (χ3v) is 2.51. The standard InChI is InChI=1S/C10H13F3N2O2/c1-9(2,8(16)17)3-4-15-6-7(5-14-15)10(11,12)13/h5-6H,3-4H2,1-2H3,(H,16,17). The largest absolute Gasteiger partial charge is 0.481 e. The van der Waals surface area contributed by atoms with Crippen molar-refractivity contribution in [1.29, 1.82) is 0 Å². The summed E-state index contributed by atoms with van der Waals surface area (Å²) in [7, 11) is 0. The highest BCUT2D eigenvalue weighted by molar-refractivity contribution is 5.73. The summed E-state index contributed by atoms with van der Waals surface area (Å²) in [6.45, 7) is 3.17. The monoisotopic (exact) mass is 250 g/mol. The van der Waals surface area contributed by atoms with E-state index in [0.717, 1.165) is 17.1 Å². The highest BCUT2D eigenvalue weighted by Crippen LogP contribution is 2.29. The van der Waals surface area contributed by atoms with Gasteiger partial charge in [0.15, 0.2) is 0 Å². The highest BCUT2D eigenvalue weighted by Gasteiger charge is 2.32. The molecular weight excluding hydrogens is 237 g/mol. The van der Waals surface area contributed by atoms with Gasteiger partial charge in [0.2, 0.25) is 0 Å². The molecule has 0 spiro atoms. The number of hydrogen-bond donors (Lipinski definition) is 1. The van der Waals surface area contributed by atoms with Crippen molar-refractivity contribution in [2.45, 2.75) is 33.0 Å². The van der Waals surface area contributed by atoms with Crippen molar-refractivity contribution in [2.24, 2.45) is 5.41 Å². The molecule has 7 heteroatoms. The highest BCUT2D eigenvalue weighted by atomic mass is 19.4. The average Bonchev–Trinajstić information content (AvgIpc) is 2.62. The molecule has 1 aromatic heterocycles. The number of carboxylic acid groups (broad SMARTS) is 1. The van der Waals surface area contributed by atoms with Crippen molar-refractivity contribution >= 4 is 5.97 Å². The quantitative estimate of drug-likeness (QED) is 0.892. The van der Waals surface area contributed by atoms with Crippen LogP contribution in [0.25, 0.3) is 0 Å². The number of nitrogens with zero attached hydrogens (tertiary/aromatic N) is 2. The van der Waals surface area contributed by atoms with E-state index in [1.165, 1.54) is 13.8 Å². The number of hydrogen-bond acceptors (Lipinski definition) is 2. The Kier molecular flexibility index (Phi) is 3.49. The van der Waals surface area contributed by atoms with Crippen molar-refractivity contribution in [2.75, 3.05) is 0 Å². The number of aliphatic carboxylic acids is 1. The van der Waals surface area contributed by atoms with Gasteiger partial charge in [0.05, 0.1) is 17.2 Å². The molecule has 0 bridgehead atoms. The van der Waals surface area contributed by atoms with Gasteiger partial charge in [-0.3, -0.25) is 9.48 Å². The normalized spacial score (nSPS) is 12.8. The molecule has 0 amide bonds. The maximum atomic E-state index is 12.3. The molecule has 0 atom stereocenters. The SMILES string of the molecule is CC(C)(CCn1cc(C(F)(F)F)cn1)C(=O)O. The van der Waals surface area contributed by atoms with E-state index in [-0.39, 0.29) is 13.0 Å². The van der Waals surface area contributed by atoms with Gasteiger partial charge in [-0.15, -0.1) is 0 Å². The zero-order chi connectivity index (χ0) is 13.3. The number of aromatic nitrogens is 2.